The molecular weight excluding hydrogens is 204 g/mol. The Morgan fingerprint density at radius 2 is 1.18 bits per heavy atom. The third-order valence-electron chi connectivity index (χ3n) is 6.31. The second-order valence-electron chi connectivity index (χ2n) is 7.24. The van der Waals surface area contributed by atoms with Crippen LogP contribution in [0.25, 0.3) is 0 Å². The van der Waals surface area contributed by atoms with Crippen LogP contribution in [0.1, 0.15) is 77.6 Å². The molecule has 3 rings (SSSR count). The standard InChI is InChI=1S/C17H30/c1-13-7-3-2-4-8-14-9-5-10-15-11-6-12-16(13)17(14)15/h13-17H,2-12H2,1H3. The maximum atomic E-state index is 2.57. The van der Waals surface area contributed by atoms with Crippen molar-refractivity contribution in [1.29, 1.82) is 0 Å². The fraction of sp³-hybridized carbons (Fsp3) is 1.00. The molecule has 0 bridgehead atoms. The summed E-state index contributed by atoms with van der Waals surface area (Å²) in [4.78, 5) is 0. The van der Waals surface area contributed by atoms with Crippen LogP contribution in [-0.4, -0.2) is 0 Å². The predicted octanol–water partition coefficient (Wildman–Crippen LogP) is 5.42. The molecule has 0 aromatic heterocycles. The summed E-state index contributed by atoms with van der Waals surface area (Å²) in [7, 11) is 0. The lowest BCUT2D eigenvalue weighted by atomic mass is 9.57. The molecule has 0 spiro atoms. The maximum absolute atomic E-state index is 2.57. The molecule has 5 atom stereocenters. The lowest BCUT2D eigenvalue weighted by molar-refractivity contribution is 0.0184. The van der Waals surface area contributed by atoms with Crippen molar-refractivity contribution in [1.82, 2.24) is 0 Å². The molecule has 0 saturated heterocycles. The van der Waals surface area contributed by atoms with Gasteiger partial charge in [-0.25, -0.2) is 0 Å². The minimum Gasteiger partial charge on any atom is -0.0622 e. The Balaban J connectivity index is 1.82. The predicted molar refractivity (Wildman–Crippen MR) is 73.9 cm³/mol. The molecule has 17 heavy (non-hydrogen) atoms. The van der Waals surface area contributed by atoms with Gasteiger partial charge in [-0.05, 0) is 36.0 Å². The highest BCUT2D eigenvalue weighted by Gasteiger charge is 2.42. The number of hydrogen-bond donors (Lipinski definition) is 0. The van der Waals surface area contributed by atoms with Gasteiger partial charge in [-0.15, -0.1) is 0 Å². The first-order valence-corrected chi connectivity index (χ1v) is 8.36. The summed E-state index contributed by atoms with van der Waals surface area (Å²) in [5.74, 6) is 5.54. The smallest absolute Gasteiger partial charge is 0.0326 e. The second kappa shape index (κ2) is 5.33. The summed E-state index contributed by atoms with van der Waals surface area (Å²) >= 11 is 0. The first kappa shape index (κ1) is 12.1. The van der Waals surface area contributed by atoms with Crippen molar-refractivity contribution < 1.29 is 0 Å². The SMILES string of the molecule is CC1CCCCCC2CCCC3CCCC1C23. The third kappa shape index (κ3) is 2.42. The molecule has 0 aliphatic heterocycles. The summed E-state index contributed by atoms with van der Waals surface area (Å²) in [6.45, 7) is 2.57. The molecule has 5 unspecified atom stereocenters. The van der Waals surface area contributed by atoms with Crippen molar-refractivity contribution >= 4 is 0 Å². The van der Waals surface area contributed by atoms with Crippen molar-refractivity contribution in [2.75, 3.05) is 0 Å². The summed E-state index contributed by atoms with van der Waals surface area (Å²) in [5.41, 5.74) is 0. The summed E-state index contributed by atoms with van der Waals surface area (Å²) in [5, 5.41) is 0. The summed E-state index contributed by atoms with van der Waals surface area (Å²) in [6, 6.07) is 0. The molecule has 0 nitrogen and oxygen atoms in total. The van der Waals surface area contributed by atoms with Crippen molar-refractivity contribution in [2.24, 2.45) is 29.6 Å². The van der Waals surface area contributed by atoms with Crippen LogP contribution in [0, 0.1) is 29.6 Å². The number of rotatable bonds is 0. The van der Waals surface area contributed by atoms with Gasteiger partial charge in [-0.2, -0.15) is 0 Å². The van der Waals surface area contributed by atoms with Crippen molar-refractivity contribution in [3.05, 3.63) is 0 Å². The lowest BCUT2D eigenvalue weighted by Gasteiger charge is -2.48. The zero-order chi connectivity index (χ0) is 11.7. The van der Waals surface area contributed by atoms with Gasteiger partial charge >= 0.3 is 0 Å². The summed E-state index contributed by atoms with van der Waals surface area (Å²) in [6.07, 6.45) is 17.1. The molecule has 0 radical (unpaired) electrons. The zero-order valence-corrected chi connectivity index (χ0v) is 11.7. The van der Waals surface area contributed by atoms with Crippen LogP contribution in [0.15, 0.2) is 0 Å². The topological polar surface area (TPSA) is 0 Å². The van der Waals surface area contributed by atoms with Crippen LogP contribution in [0.2, 0.25) is 0 Å². The van der Waals surface area contributed by atoms with E-state index in [1.807, 2.05) is 0 Å². The third-order valence-corrected chi connectivity index (χ3v) is 6.31. The second-order valence-corrected chi connectivity index (χ2v) is 7.24. The van der Waals surface area contributed by atoms with Gasteiger partial charge in [0.2, 0.25) is 0 Å². The van der Waals surface area contributed by atoms with E-state index in [9.17, 15) is 0 Å². The van der Waals surface area contributed by atoms with E-state index < -0.39 is 0 Å². The normalized spacial score (nSPS) is 47.5. The van der Waals surface area contributed by atoms with E-state index in [2.05, 4.69) is 6.92 Å². The molecule has 0 heteroatoms. The van der Waals surface area contributed by atoms with Crippen LogP contribution in [0.4, 0.5) is 0 Å². The highest BCUT2D eigenvalue weighted by atomic mass is 14.5. The van der Waals surface area contributed by atoms with Crippen LogP contribution >= 0.6 is 0 Å². The molecular formula is C17H30. The Morgan fingerprint density at radius 1 is 0.588 bits per heavy atom. The van der Waals surface area contributed by atoms with Gasteiger partial charge in [0.25, 0.3) is 0 Å². The van der Waals surface area contributed by atoms with E-state index in [0.717, 1.165) is 29.6 Å². The Labute approximate surface area is 108 Å². The van der Waals surface area contributed by atoms with E-state index in [1.165, 1.54) is 25.7 Å². The van der Waals surface area contributed by atoms with Crippen molar-refractivity contribution in [3.8, 4) is 0 Å². The van der Waals surface area contributed by atoms with Gasteiger partial charge in [-0.1, -0.05) is 71.1 Å². The highest BCUT2D eigenvalue weighted by molar-refractivity contribution is 4.92. The van der Waals surface area contributed by atoms with E-state index >= 15 is 0 Å². The Bertz CT molecular complexity index is 242. The van der Waals surface area contributed by atoms with E-state index in [1.54, 1.807) is 44.9 Å². The Kier molecular flexibility index (Phi) is 3.78. The minimum absolute atomic E-state index is 1.03. The first-order chi connectivity index (χ1) is 8.36. The number of hydrogen-bond acceptors (Lipinski definition) is 0. The molecule has 0 heterocycles. The van der Waals surface area contributed by atoms with Crippen LogP contribution in [-0.2, 0) is 0 Å². The fourth-order valence-corrected chi connectivity index (χ4v) is 5.52. The van der Waals surface area contributed by atoms with E-state index in [-0.39, 0.29) is 0 Å². The molecule has 3 aliphatic rings. The van der Waals surface area contributed by atoms with Crippen LogP contribution < -0.4 is 0 Å². The maximum Gasteiger partial charge on any atom is -0.0326 e. The zero-order valence-electron chi connectivity index (χ0n) is 11.7. The molecule has 0 amide bonds. The molecule has 98 valence electrons. The Hall–Kier alpha value is 0. The van der Waals surface area contributed by atoms with E-state index in [4.69, 9.17) is 0 Å². The average molecular weight is 234 g/mol. The Morgan fingerprint density at radius 3 is 1.94 bits per heavy atom. The van der Waals surface area contributed by atoms with Gasteiger partial charge in [0.1, 0.15) is 0 Å². The van der Waals surface area contributed by atoms with Gasteiger partial charge < -0.3 is 0 Å². The van der Waals surface area contributed by atoms with E-state index in [0.29, 0.717) is 0 Å². The van der Waals surface area contributed by atoms with Crippen molar-refractivity contribution in [3.63, 3.8) is 0 Å². The van der Waals surface area contributed by atoms with Crippen molar-refractivity contribution in [2.45, 2.75) is 77.6 Å². The molecule has 0 aromatic rings. The lowest BCUT2D eigenvalue weighted by Crippen LogP contribution is -2.39. The van der Waals surface area contributed by atoms with Gasteiger partial charge in [0, 0.05) is 0 Å². The van der Waals surface area contributed by atoms with Gasteiger partial charge in [0.05, 0.1) is 0 Å². The largest absolute Gasteiger partial charge is 0.0622 e. The minimum atomic E-state index is 1.03. The van der Waals surface area contributed by atoms with Crippen LogP contribution in [0.5, 0.6) is 0 Å². The van der Waals surface area contributed by atoms with Gasteiger partial charge in [0.15, 0.2) is 0 Å². The summed E-state index contributed by atoms with van der Waals surface area (Å²) < 4.78 is 0. The fourth-order valence-electron chi connectivity index (χ4n) is 5.52. The molecule has 0 N–H and O–H groups in total. The first-order valence-electron chi connectivity index (χ1n) is 8.36. The highest BCUT2D eigenvalue weighted by Crippen LogP contribution is 2.51. The van der Waals surface area contributed by atoms with Crippen LogP contribution in [0.3, 0.4) is 0 Å². The molecule has 3 fully saturated rings. The average Bonchev–Trinajstić information content (AvgIpc) is 2.43. The monoisotopic (exact) mass is 234 g/mol. The molecule has 0 aromatic carbocycles. The molecule has 3 saturated carbocycles. The quantitative estimate of drug-likeness (QED) is 0.525. The molecule has 3 aliphatic carbocycles. The van der Waals surface area contributed by atoms with Gasteiger partial charge in [-0.3, -0.25) is 0 Å².